The molecule has 0 fully saturated rings. The first-order valence-corrected chi connectivity index (χ1v) is 9.03. The summed E-state index contributed by atoms with van der Waals surface area (Å²) in [5.41, 5.74) is 2.84. The van der Waals surface area contributed by atoms with Crippen LogP contribution in [0.5, 0.6) is 5.75 Å². The number of carbonyl (C=O) groups excluding carboxylic acids is 1. The van der Waals surface area contributed by atoms with Crippen LogP contribution in [0.15, 0.2) is 77.4 Å². The first-order chi connectivity index (χ1) is 14.2. The summed E-state index contributed by atoms with van der Waals surface area (Å²) < 4.78 is 10.9. The highest BCUT2D eigenvalue weighted by atomic mass is 16.5. The number of nitrogens with one attached hydrogen (secondary N) is 1. The molecule has 0 unspecified atom stereocenters. The van der Waals surface area contributed by atoms with Crippen LogP contribution in [0, 0.1) is 6.92 Å². The Morgan fingerprint density at radius 3 is 2.76 bits per heavy atom. The van der Waals surface area contributed by atoms with Crippen molar-refractivity contribution in [2.45, 2.75) is 6.92 Å². The lowest BCUT2D eigenvalue weighted by molar-refractivity contribution is -0.118. The van der Waals surface area contributed by atoms with Gasteiger partial charge in [0.1, 0.15) is 11.4 Å². The van der Waals surface area contributed by atoms with Crippen LogP contribution in [-0.4, -0.2) is 27.6 Å². The molecule has 0 radical (unpaired) electrons. The van der Waals surface area contributed by atoms with Crippen molar-refractivity contribution in [1.82, 2.24) is 15.1 Å². The number of anilines is 1. The van der Waals surface area contributed by atoms with Crippen molar-refractivity contribution in [3.8, 4) is 28.7 Å². The third-order valence-electron chi connectivity index (χ3n) is 4.11. The topological polar surface area (TPSA) is 90.1 Å². The van der Waals surface area contributed by atoms with Crippen LogP contribution in [-0.2, 0) is 4.79 Å². The van der Waals surface area contributed by atoms with Crippen LogP contribution in [0.3, 0.4) is 0 Å². The number of aryl methyl sites for hydroxylation is 1. The van der Waals surface area contributed by atoms with Crippen LogP contribution in [0.25, 0.3) is 23.0 Å². The Hall–Kier alpha value is -4.00. The van der Waals surface area contributed by atoms with Crippen molar-refractivity contribution < 1.29 is 14.1 Å². The van der Waals surface area contributed by atoms with Gasteiger partial charge in [-0.1, -0.05) is 35.5 Å². The minimum Gasteiger partial charge on any atom is -0.484 e. The molecule has 0 bridgehead atoms. The number of pyridine rings is 1. The molecule has 4 aromatic rings. The van der Waals surface area contributed by atoms with Gasteiger partial charge in [-0.2, -0.15) is 4.98 Å². The monoisotopic (exact) mass is 386 g/mol. The normalized spacial score (nSPS) is 10.5. The van der Waals surface area contributed by atoms with Crippen molar-refractivity contribution in [3.05, 3.63) is 78.5 Å². The number of hydrogen-bond acceptors (Lipinski definition) is 6. The van der Waals surface area contributed by atoms with E-state index in [1.54, 1.807) is 24.4 Å². The summed E-state index contributed by atoms with van der Waals surface area (Å²) in [6.07, 6.45) is 1.66. The van der Waals surface area contributed by atoms with Gasteiger partial charge >= 0.3 is 0 Å². The fraction of sp³-hybridized carbons (Fsp3) is 0.0909. The highest BCUT2D eigenvalue weighted by Crippen LogP contribution is 2.28. The zero-order chi connectivity index (χ0) is 20.1. The molecular weight excluding hydrogens is 368 g/mol. The first-order valence-electron chi connectivity index (χ1n) is 9.03. The van der Waals surface area contributed by atoms with Gasteiger partial charge in [0.25, 0.3) is 11.8 Å². The quantitative estimate of drug-likeness (QED) is 0.536. The molecule has 0 aliphatic heterocycles. The third-order valence-corrected chi connectivity index (χ3v) is 4.11. The molecule has 1 N–H and O–H groups in total. The fourth-order valence-electron chi connectivity index (χ4n) is 2.75. The maximum absolute atomic E-state index is 12.4. The second-order valence-corrected chi connectivity index (χ2v) is 6.34. The van der Waals surface area contributed by atoms with E-state index in [4.69, 9.17) is 9.26 Å². The minimum atomic E-state index is -0.288. The number of nitrogens with zero attached hydrogens (tertiary/aromatic N) is 3. The zero-order valence-electron chi connectivity index (χ0n) is 15.7. The average molecular weight is 386 g/mol. The van der Waals surface area contributed by atoms with Crippen LogP contribution < -0.4 is 10.1 Å². The fourth-order valence-corrected chi connectivity index (χ4v) is 2.75. The molecule has 7 nitrogen and oxygen atoms in total. The Labute approximate surface area is 167 Å². The van der Waals surface area contributed by atoms with Gasteiger partial charge in [-0.25, -0.2) is 0 Å². The number of aromatic nitrogens is 3. The molecule has 29 heavy (non-hydrogen) atoms. The van der Waals surface area contributed by atoms with Crippen LogP contribution >= 0.6 is 0 Å². The molecule has 0 spiro atoms. The number of ether oxygens (including phenoxy) is 1. The molecule has 0 saturated heterocycles. The van der Waals surface area contributed by atoms with E-state index < -0.39 is 0 Å². The lowest BCUT2D eigenvalue weighted by atomic mass is 10.1. The standard InChI is InChI=1S/C22H18N4O3/c1-15-7-6-8-16(13-15)28-14-20(27)24-18-10-3-2-9-17(18)22-25-21(26-29-22)19-11-4-5-12-23-19/h2-13H,14H2,1H3,(H,24,27). The van der Waals surface area contributed by atoms with E-state index >= 15 is 0 Å². The highest BCUT2D eigenvalue weighted by molar-refractivity contribution is 5.95. The van der Waals surface area contributed by atoms with Crippen molar-refractivity contribution in [1.29, 1.82) is 0 Å². The molecule has 7 heteroatoms. The van der Waals surface area contributed by atoms with E-state index in [1.807, 2.05) is 55.5 Å². The molecule has 0 atom stereocenters. The molecule has 1 amide bonds. The van der Waals surface area contributed by atoms with E-state index in [2.05, 4.69) is 20.4 Å². The lowest BCUT2D eigenvalue weighted by Crippen LogP contribution is -2.20. The molecule has 2 heterocycles. The Bertz CT molecular complexity index is 1130. The van der Waals surface area contributed by atoms with Crippen LogP contribution in [0.1, 0.15) is 5.56 Å². The van der Waals surface area contributed by atoms with Gasteiger partial charge in [-0.15, -0.1) is 0 Å². The largest absolute Gasteiger partial charge is 0.484 e. The maximum atomic E-state index is 12.4. The second-order valence-electron chi connectivity index (χ2n) is 6.34. The molecule has 4 rings (SSSR count). The SMILES string of the molecule is Cc1cccc(OCC(=O)Nc2ccccc2-c2nc(-c3ccccn3)no2)c1. The summed E-state index contributed by atoms with van der Waals surface area (Å²) in [4.78, 5) is 21.0. The van der Waals surface area contributed by atoms with E-state index in [0.29, 0.717) is 34.4 Å². The van der Waals surface area contributed by atoms with E-state index in [1.165, 1.54) is 0 Å². The number of rotatable bonds is 6. The summed E-state index contributed by atoms with van der Waals surface area (Å²) >= 11 is 0. The van der Waals surface area contributed by atoms with Gasteiger partial charge in [0.15, 0.2) is 6.61 Å². The summed E-state index contributed by atoms with van der Waals surface area (Å²) in [5.74, 6) is 1.03. The third kappa shape index (κ3) is 4.47. The number of carbonyl (C=O) groups is 1. The predicted octanol–water partition coefficient (Wildman–Crippen LogP) is 4.12. The smallest absolute Gasteiger partial charge is 0.262 e. The van der Waals surface area contributed by atoms with Crippen molar-refractivity contribution in [2.24, 2.45) is 0 Å². The molecule has 0 aliphatic carbocycles. The van der Waals surface area contributed by atoms with E-state index in [0.717, 1.165) is 5.56 Å². The Kier molecular flexibility index (Phi) is 5.29. The van der Waals surface area contributed by atoms with Gasteiger partial charge in [0.05, 0.1) is 11.3 Å². The first kappa shape index (κ1) is 18.4. The molecule has 0 aliphatic rings. The number of benzene rings is 2. The van der Waals surface area contributed by atoms with Gasteiger partial charge in [-0.3, -0.25) is 9.78 Å². The molecule has 2 aromatic heterocycles. The predicted molar refractivity (Wildman–Crippen MR) is 108 cm³/mol. The molecule has 144 valence electrons. The summed E-state index contributed by atoms with van der Waals surface area (Å²) in [5, 5.41) is 6.82. The van der Waals surface area contributed by atoms with Crippen molar-refractivity contribution in [2.75, 3.05) is 11.9 Å². The van der Waals surface area contributed by atoms with Gasteiger partial charge < -0.3 is 14.6 Å². The number of amides is 1. The number of para-hydroxylation sites is 1. The minimum absolute atomic E-state index is 0.110. The molecule has 2 aromatic carbocycles. The Morgan fingerprint density at radius 1 is 1.07 bits per heavy atom. The summed E-state index contributed by atoms with van der Waals surface area (Å²) in [6, 6.07) is 20.2. The second kappa shape index (κ2) is 8.35. The van der Waals surface area contributed by atoms with E-state index in [-0.39, 0.29) is 12.5 Å². The molecule has 0 saturated carbocycles. The zero-order valence-corrected chi connectivity index (χ0v) is 15.7. The van der Waals surface area contributed by atoms with Crippen LogP contribution in [0.2, 0.25) is 0 Å². The highest BCUT2D eigenvalue weighted by Gasteiger charge is 2.16. The maximum Gasteiger partial charge on any atom is 0.262 e. The number of hydrogen-bond donors (Lipinski definition) is 1. The Morgan fingerprint density at radius 2 is 1.93 bits per heavy atom. The molecular formula is C22H18N4O3. The average Bonchev–Trinajstić information content (AvgIpc) is 3.23. The summed E-state index contributed by atoms with van der Waals surface area (Å²) in [7, 11) is 0. The van der Waals surface area contributed by atoms with E-state index in [9.17, 15) is 4.79 Å². The van der Waals surface area contributed by atoms with Crippen LogP contribution in [0.4, 0.5) is 5.69 Å². The Balaban J connectivity index is 1.48. The van der Waals surface area contributed by atoms with Crippen molar-refractivity contribution >= 4 is 11.6 Å². The lowest BCUT2D eigenvalue weighted by Gasteiger charge is -2.10. The van der Waals surface area contributed by atoms with Gasteiger partial charge in [-0.05, 0) is 48.9 Å². The van der Waals surface area contributed by atoms with Crippen molar-refractivity contribution in [3.63, 3.8) is 0 Å². The van der Waals surface area contributed by atoms with Gasteiger partial charge in [0, 0.05) is 6.20 Å². The van der Waals surface area contributed by atoms with Gasteiger partial charge in [0.2, 0.25) is 5.82 Å². The summed E-state index contributed by atoms with van der Waals surface area (Å²) in [6.45, 7) is 1.85.